The number of nitrogens with zero attached hydrogens (tertiary/aromatic N) is 2. The van der Waals surface area contributed by atoms with Crippen molar-refractivity contribution in [3.8, 4) is 5.75 Å². The molecular weight excluding hydrogens is 312 g/mol. The summed E-state index contributed by atoms with van der Waals surface area (Å²) in [6, 6.07) is 18.0. The molecule has 128 valence electrons. The third kappa shape index (κ3) is 4.47. The molecule has 5 heteroatoms. The van der Waals surface area contributed by atoms with Gasteiger partial charge in [0.05, 0.1) is 7.11 Å². The molecule has 0 radical (unpaired) electrons. The standard InChI is InChI=1S/C20H22N4O/c1-14-6-4-5-7-18(14)23-20-22-15(2)12-19(24-20)21-13-16-8-10-17(25-3)11-9-16/h4-12H,13H2,1-3H3,(H2,21,22,23,24). The fourth-order valence-corrected chi connectivity index (χ4v) is 2.48. The zero-order valence-electron chi connectivity index (χ0n) is 14.7. The highest BCUT2D eigenvalue weighted by atomic mass is 16.5. The van der Waals surface area contributed by atoms with Crippen molar-refractivity contribution in [2.24, 2.45) is 0 Å². The van der Waals surface area contributed by atoms with Crippen LogP contribution in [0.1, 0.15) is 16.8 Å². The van der Waals surface area contributed by atoms with Crippen LogP contribution in [-0.2, 0) is 6.54 Å². The van der Waals surface area contributed by atoms with Gasteiger partial charge in [-0.15, -0.1) is 0 Å². The number of ether oxygens (including phenoxy) is 1. The van der Waals surface area contributed by atoms with Crippen LogP contribution in [0.3, 0.4) is 0 Å². The van der Waals surface area contributed by atoms with Gasteiger partial charge in [-0.2, -0.15) is 4.98 Å². The second-order valence-corrected chi connectivity index (χ2v) is 5.86. The molecule has 0 saturated heterocycles. The maximum absolute atomic E-state index is 5.18. The summed E-state index contributed by atoms with van der Waals surface area (Å²) in [7, 11) is 1.67. The van der Waals surface area contributed by atoms with Crippen molar-refractivity contribution in [3.63, 3.8) is 0 Å². The molecule has 0 bridgehead atoms. The lowest BCUT2D eigenvalue weighted by Gasteiger charge is -2.11. The third-order valence-corrected chi connectivity index (χ3v) is 3.88. The van der Waals surface area contributed by atoms with Crippen LogP contribution < -0.4 is 15.4 Å². The Bertz CT molecular complexity index is 847. The molecule has 5 nitrogen and oxygen atoms in total. The number of aromatic nitrogens is 2. The first kappa shape index (κ1) is 16.8. The highest BCUT2D eigenvalue weighted by Gasteiger charge is 2.05. The lowest BCUT2D eigenvalue weighted by atomic mass is 10.2. The molecule has 3 rings (SSSR count). The van der Waals surface area contributed by atoms with E-state index in [1.165, 1.54) is 0 Å². The number of nitrogens with one attached hydrogen (secondary N) is 2. The van der Waals surface area contributed by atoms with Crippen LogP contribution >= 0.6 is 0 Å². The Kier molecular flexibility index (Phi) is 5.14. The number of benzene rings is 2. The van der Waals surface area contributed by atoms with Crippen LogP contribution in [0.25, 0.3) is 0 Å². The molecule has 0 saturated carbocycles. The van der Waals surface area contributed by atoms with E-state index in [9.17, 15) is 0 Å². The number of anilines is 3. The van der Waals surface area contributed by atoms with Gasteiger partial charge >= 0.3 is 0 Å². The SMILES string of the molecule is COc1ccc(CNc2cc(C)nc(Nc3ccccc3C)n2)cc1. The summed E-state index contributed by atoms with van der Waals surface area (Å²) >= 11 is 0. The summed E-state index contributed by atoms with van der Waals surface area (Å²) in [5.74, 6) is 2.23. The number of rotatable bonds is 6. The lowest BCUT2D eigenvalue weighted by molar-refractivity contribution is 0.414. The monoisotopic (exact) mass is 334 g/mol. The lowest BCUT2D eigenvalue weighted by Crippen LogP contribution is -2.06. The zero-order chi connectivity index (χ0) is 17.6. The number of hydrogen-bond acceptors (Lipinski definition) is 5. The van der Waals surface area contributed by atoms with E-state index in [0.29, 0.717) is 12.5 Å². The van der Waals surface area contributed by atoms with Gasteiger partial charge in [0, 0.05) is 24.0 Å². The Morgan fingerprint density at radius 2 is 1.72 bits per heavy atom. The molecule has 2 aromatic carbocycles. The van der Waals surface area contributed by atoms with Crippen molar-refractivity contribution >= 4 is 17.5 Å². The van der Waals surface area contributed by atoms with E-state index in [1.54, 1.807) is 7.11 Å². The molecule has 0 spiro atoms. The van der Waals surface area contributed by atoms with Gasteiger partial charge in [0.15, 0.2) is 0 Å². The molecule has 3 aromatic rings. The predicted octanol–water partition coefficient (Wildman–Crippen LogP) is 4.46. The van der Waals surface area contributed by atoms with Crippen LogP contribution in [0, 0.1) is 13.8 Å². The largest absolute Gasteiger partial charge is 0.497 e. The second kappa shape index (κ2) is 7.66. The van der Waals surface area contributed by atoms with Crippen molar-refractivity contribution in [2.45, 2.75) is 20.4 Å². The summed E-state index contributed by atoms with van der Waals surface area (Å²) in [6.45, 7) is 4.70. The minimum Gasteiger partial charge on any atom is -0.497 e. The number of hydrogen-bond donors (Lipinski definition) is 2. The Morgan fingerprint density at radius 1 is 0.960 bits per heavy atom. The number of para-hydroxylation sites is 1. The van der Waals surface area contributed by atoms with E-state index in [4.69, 9.17) is 4.74 Å². The van der Waals surface area contributed by atoms with E-state index in [2.05, 4.69) is 33.6 Å². The minimum absolute atomic E-state index is 0.589. The van der Waals surface area contributed by atoms with E-state index in [1.807, 2.05) is 55.5 Å². The average molecular weight is 334 g/mol. The van der Waals surface area contributed by atoms with E-state index in [-0.39, 0.29) is 0 Å². The van der Waals surface area contributed by atoms with E-state index >= 15 is 0 Å². The summed E-state index contributed by atoms with van der Waals surface area (Å²) in [5, 5.41) is 6.64. The van der Waals surface area contributed by atoms with Gasteiger partial charge < -0.3 is 15.4 Å². The van der Waals surface area contributed by atoms with Crippen molar-refractivity contribution in [3.05, 3.63) is 71.4 Å². The van der Waals surface area contributed by atoms with Gasteiger partial charge in [-0.05, 0) is 43.2 Å². The molecule has 0 fully saturated rings. The molecule has 25 heavy (non-hydrogen) atoms. The van der Waals surface area contributed by atoms with Crippen LogP contribution in [0.15, 0.2) is 54.6 Å². The summed E-state index contributed by atoms with van der Waals surface area (Å²) in [5.41, 5.74) is 4.23. The number of aryl methyl sites for hydroxylation is 2. The van der Waals surface area contributed by atoms with Gasteiger partial charge in [0.2, 0.25) is 5.95 Å². The van der Waals surface area contributed by atoms with Crippen molar-refractivity contribution in [1.29, 1.82) is 0 Å². The van der Waals surface area contributed by atoms with Gasteiger partial charge in [-0.25, -0.2) is 4.98 Å². The molecular formula is C20H22N4O. The van der Waals surface area contributed by atoms with Gasteiger partial charge in [-0.3, -0.25) is 0 Å². The van der Waals surface area contributed by atoms with Gasteiger partial charge in [0.1, 0.15) is 11.6 Å². The fraction of sp³-hybridized carbons (Fsp3) is 0.200. The quantitative estimate of drug-likeness (QED) is 0.697. The van der Waals surface area contributed by atoms with Crippen molar-refractivity contribution in [2.75, 3.05) is 17.7 Å². The molecule has 0 aliphatic carbocycles. The number of methoxy groups -OCH3 is 1. The van der Waals surface area contributed by atoms with Gasteiger partial charge in [-0.1, -0.05) is 30.3 Å². The van der Waals surface area contributed by atoms with Crippen LogP contribution in [0.2, 0.25) is 0 Å². The predicted molar refractivity (Wildman–Crippen MR) is 102 cm³/mol. The van der Waals surface area contributed by atoms with E-state index in [0.717, 1.165) is 34.1 Å². The maximum Gasteiger partial charge on any atom is 0.229 e. The Balaban J connectivity index is 1.71. The van der Waals surface area contributed by atoms with Crippen molar-refractivity contribution < 1.29 is 4.74 Å². The first-order valence-corrected chi connectivity index (χ1v) is 8.19. The average Bonchev–Trinajstić information content (AvgIpc) is 2.62. The van der Waals surface area contributed by atoms with Crippen LogP contribution in [0.5, 0.6) is 5.75 Å². The first-order valence-electron chi connectivity index (χ1n) is 8.19. The Labute approximate surface area is 148 Å². The highest BCUT2D eigenvalue weighted by Crippen LogP contribution is 2.19. The summed E-state index contributed by atoms with van der Waals surface area (Å²) in [6.07, 6.45) is 0. The zero-order valence-corrected chi connectivity index (χ0v) is 14.7. The maximum atomic E-state index is 5.18. The minimum atomic E-state index is 0.589. The molecule has 1 heterocycles. The van der Waals surface area contributed by atoms with Crippen LogP contribution in [-0.4, -0.2) is 17.1 Å². The third-order valence-electron chi connectivity index (χ3n) is 3.88. The normalized spacial score (nSPS) is 10.4. The molecule has 0 unspecified atom stereocenters. The van der Waals surface area contributed by atoms with Gasteiger partial charge in [0.25, 0.3) is 0 Å². The van der Waals surface area contributed by atoms with Crippen molar-refractivity contribution in [1.82, 2.24) is 9.97 Å². The van der Waals surface area contributed by atoms with E-state index < -0.39 is 0 Å². The fourth-order valence-electron chi connectivity index (χ4n) is 2.48. The second-order valence-electron chi connectivity index (χ2n) is 5.86. The Hall–Kier alpha value is -3.08. The molecule has 2 N–H and O–H groups in total. The van der Waals surface area contributed by atoms with Crippen LogP contribution in [0.4, 0.5) is 17.5 Å². The summed E-state index contributed by atoms with van der Waals surface area (Å²) in [4.78, 5) is 9.03. The molecule has 0 aliphatic heterocycles. The first-order chi connectivity index (χ1) is 12.1. The molecule has 0 aliphatic rings. The highest BCUT2D eigenvalue weighted by molar-refractivity contribution is 5.59. The topological polar surface area (TPSA) is 59.1 Å². The smallest absolute Gasteiger partial charge is 0.229 e. The molecule has 0 atom stereocenters. The molecule has 1 aromatic heterocycles. The molecule has 0 amide bonds. The Morgan fingerprint density at radius 3 is 2.44 bits per heavy atom. The summed E-state index contributed by atoms with van der Waals surface area (Å²) < 4.78 is 5.18.